The Balaban J connectivity index is 1.60. The molecule has 0 spiro atoms. The number of aryl methyl sites for hydroxylation is 1. The number of thioether (sulfide) groups is 1. The van der Waals surface area contributed by atoms with E-state index in [1.54, 1.807) is 11.7 Å². The SMILES string of the molecule is Cn1nnnc1SCC(=O)NC1CCOc2ccccc21. The fraction of sp³-hybridized carbons (Fsp3) is 0.385. The minimum absolute atomic E-state index is 0.000622. The third kappa shape index (κ3) is 3.15. The molecule has 7 nitrogen and oxygen atoms in total. The van der Waals surface area contributed by atoms with Gasteiger partial charge in [-0.3, -0.25) is 4.79 Å². The maximum Gasteiger partial charge on any atom is 0.230 e. The van der Waals surface area contributed by atoms with E-state index in [9.17, 15) is 4.79 Å². The second-order valence-electron chi connectivity index (χ2n) is 4.67. The highest BCUT2D eigenvalue weighted by Gasteiger charge is 2.22. The van der Waals surface area contributed by atoms with Crippen LogP contribution in [-0.4, -0.2) is 38.5 Å². The van der Waals surface area contributed by atoms with E-state index in [0.717, 1.165) is 17.7 Å². The van der Waals surface area contributed by atoms with Gasteiger partial charge in [0, 0.05) is 19.0 Å². The molecule has 1 N–H and O–H groups in total. The van der Waals surface area contributed by atoms with Gasteiger partial charge in [0.2, 0.25) is 11.1 Å². The average molecular weight is 305 g/mol. The van der Waals surface area contributed by atoms with Gasteiger partial charge in [0.1, 0.15) is 5.75 Å². The highest BCUT2D eigenvalue weighted by Crippen LogP contribution is 2.31. The molecule has 1 amide bonds. The number of nitrogens with one attached hydrogen (secondary N) is 1. The zero-order valence-corrected chi connectivity index (χ0v) is 12.3. The number of ether oxygens (including phenoxy) is 1. The van der Waals surface area contributed by atoms with Gasteiger partial charge in [-0.05, 0) is 16.5 Å². The van der Waals surface area contributed by atoms with E-state index in [0.29, 0.717) is 11.8 Å². The van der Waals surface area contributed by atoms with Crippen molar-refractivity contribution in [2.75, 3.05) is 12.4 Å². The summed E-state index contributed by atoms with van der Waals surface area (Å²) in [6.45, 7) is 0.613. The van der Waals surface area contributed by atoms with Crippen molar-refractivity contribution in [1.82, 2.24) is 25.5 Å². The summed E-state index contributed by atoms with van der Waals surface area (Å²) < 4.78 is 7.13. The van der Waals surface area contributed by atoms with Crippen LogP contribution >= 0.6 is 11.8 Å². The van der Waals surface area contributed by atoms with E-state index < -0.39 is 0 Å². The monoisotopic (exact) mass is 305 g/mol. The number of tetrazole rings is 1. The minimum atomic E-state index is -0.0373. The van der Waals surface area contributed by atoms with E-state index in [1.165, 1.54) is 11.8 Å². The van der Waals surface area contributed by atoms with E-state index in [1.807, 2.05) is 24.3 Å². The Labute approximate surface area is 126 Å². The maximum absolute atomic E-state index is 12.1. The standard InChI is InChI=1S/C13H15N5O2S/c1-18-13(15-16-17-18)21-8-12(19)14-10-6-7-20-11-5-3-2-4-9(10)11/h2-5,10H,6-8H2,1H3,(H,14,19). The number of fused-ring (bicyclic) bond motifs is 1. The molecule has 3 rings (SSSR count). The fourth-order valence-corrected chi connectivity index (χ4v) is 2.86. The normalized spacial score (nSPS) is 16.9. The summed E-state index contributed by atoms with van der Waals surface area (Å²) >= 11 is 1.32. The molecule has 0 aliphatic carbocycles. The first kappa shape index (κ1) is 13.9. The number of hydrogen-bond acceptors (Lipinski definition) is 6. The minimum Gasteiger partial charge on any atom is -0.493 e. The number of para-hydroxylation sites is 1. The summed E-state index contributed by atoms with van der Waals surface area (Å²) in [7, 11) is 1.74. The molecule has 0 saturated carbocycles. The van der Waals surface area contributed by atoms with Crippen LogP contribution in [-0.2, 0) is 11.8 Å². The second kappa shape index (κ2) is 6.13. The van der Waals surface area contributed by atoms with Gasteiger partial charge in [0.25, 0.3) is 0 Å². The predicted molar refractivity (Wildman–Crippen MR) is 77.0 cm³/mol. The van der Waals surface area contributed by atoms with Gasteiger partial charge >= 0.3 is 0 Å². The lowest BCUT2D eigenvalue weighted by Gasteiger charge is -2.26. The van der Waals surface area contributed by atoms with Gasteiger partial charge in [0.05, 0.1) is 18.4 Å². The van der Waals surface area contributed by atoms with Crippen molar-refractivity contribution in [3.05, 3.63) is 29.8 Å². The summed E-state index contributed by atoms with van der Waals surface area (Å²) in [5, 5.41) is 14.8. The number of aromatic nitrogens is 4. The Bertz CT molecular complexity index is 645. The van der Waals surface area contributed by atoms with Gasteiger partial charge in [-0.1, -0.05) is 30.0 Å². The molecule has 1 atom stereocenters. The first-order chi connectivity index (χ1) is 10.2. The van der Waals surface area contributed by atoms with Crippen LogP contribution in [0.15, 0.2) is 29.4 Å². The van der Waals surface area contributed by atoms with Crippen molar-refractivity contribution in [3.8, 4) is 5.75 Å². The maximum atomic E-state index is 12.1. The zero-order valence-electron chi connectivity index (χ0n) is 11.5. The van der Waals surface area contributed by atoms with Crippen molar-refractivity contribution in [3.63, 3.8) is 0 Å². The first-order valence-electron chi connectivity index (χ1n) is 6.60. The van der Waals surface area contributed by atoms with Crippen molar-refractivity contribution < 1.29 is 9.53 Å². The Morgan fingerprint density at radius 2 is 2.38 bits per heavy atom. The molecule has 110 valence electrons. The van der Waals surface area contributed by atoms with Crippen molar-refractivity contribution in [2.24, 2.45) is 7.05 Å². The smallest absolute Gasteiger partial charge is 0.230 e. The summed E-state index contributed by atoms with van der Waals surface area (Å²) in [5.74, 6) is 1.09. The van der Waals surface area contributed by atoms with Gasteiger partial charge in [0.15, 0.2) is 0 Å². The lowest BCUT2D eigenvalue weighted by Crippen LogP contribution is -2.33. The Hall–Kier alpha value is -2.09. The number of rotatable bonds is 4. The number of benzene rings is 1. The van der Waals surface area contributed by atoms with Gasteiger partial charge < -0.3 is 10.1 Å². The summed E-state index contributed by atoms with van der Waals surface area (Å²) in [5.41, 5.74) is 1.03. The number of carbonyl (C=O) groups is 1. The molecule has 8 heteroatoms. The van der Waals surface area contributed by atoms with Crippen molar-refractivity contribution in [1.29, 1.82) is 0 Å². The molecule has 1 aliphatic heterocycles. The highest BCUT2D eigenvalue weighted by molar-refractivity contribution is 7.99. The first-order valence-corrected chi connectivity index (χ1v) is 7.59. The third-order valence-electron chi connectivity index (χ3n) is 3.21. The predicted octanol–water partition coefficient (Wildman–Crippen LogP) is 0.942. The van der Waals surface area contributed by atoms with E-state index in [4.69, 9.17) is 4.74 Å². The lowest BCUT2D eigenvalue weighted by molar-refractivity contribution is -0.119. The van der Waals surface area contributed by atoms with Crippen LogP contribution in [0.1, 0.15) is 18.0 Å². The largest absolute Gasteiger partial charge is 0.493 e. The van der Waals surface area contributed by atoms with Crippen LogP contribution in [0.4, 0.5) is 0 Å². The molecule has 1 aromatic heterocycles. The second-order valence-corrected chi connectivity index (χ2v) is 5.61. The molecule has 0 fully saturated rings. The van der Waals surface area contributed by atoms with E-state index in [-0.39, 0.29) is 17.7 Å². The summed E-state index contributed by atoms with van der Waals surface area (Å²) in [6, 6.07) is 7.79. The van der Waals surface area contributed by atoms with Gasteiger partial charge in [-0.25, -0.2) is 4.68 Å². The summed E-state index contributed by atoms with van der Waals surface area (Å²) in [4.78, 5) is 12.1. The molecule has 0 bridgehead atoms. The van der Waals surface area contributed by atoms with Gasteiger partial charge in [-0.2, -0.15) is 0 Å². The zero-order chi connectivity index (χ0) is 14.7. The highest BCUT2D eigenvalue weighted by atomic mass is 32.2. The molecule has 1 unspecified atom stereocenters. The van der Waals surface area contributed by atoms with Crippen molar-refractivity contribution >= 4 is 17.7 Å². The lowest BCUT2D eigenvalue weighted by atomic mass is 10.0. The number of nitrogens with zero attached hydrogens (tertiary/aromatic N) is 4. The molecule has 0 radical (unpaired) electrons. The van der Waals surface area contributed by atoms with E-state index >= 15 is 0 Å². The van der Waals surface area contributed by atoms with Gasteiger partial charge in [-0.15, -0.1) is 5.10 Å². The van der Waals surface area contributed by atoms with Crippen LogP contribution in [0, 0.1) is 0 Å². The van der Waals surface area contributed by atoms with Crippen LogP contribution < -0.4 is 10.1 Å². The fourth-order valence-electron chi connectivity index (χ4n) is 2.20. The third-order valence-corrected chi connectivity index (χ3v) is 4.22. The number of hydrogen-bond donors (Lipinski definition) is 1. The average Bonchev–Trinajstić information content (AvgIpc) is 2.91. The number of carbonyl (C=O) groups excluding carboxylic acids is 1. The van der Waals surface area contributed by atoms with Crippen LogP contribution in [0.2, 0.25) is 0 Å². The molecule has 2 heterocycles. The molecule has 0 saturated heterocycles. The summed E-state index contributed by atoms with van der Waals surface area (Å²) in [6.07, 6.45) is 0.777. The molecule has 1 aromatic carbocycles. The van der Waals surface area contributed by atoms with Crippen LogP contribution in [0.5, 0.6) is 5.75 Å². The Morgan fingerprint density at radius 1 is 1.52 bits per heavy atom. The Kier molecular flexibility index (Phi) is 4.05. The topological polar surface area (TPSA) is 81.9 Å². The molecule has 1 aliphatic rings. The molecule has 21 heavy (non-hydrogen) atoms. The molecular formula is C13H15N5O2S. The quantitative estimate of drug-likeness (QED) is 0.847. The van der Waals surface area contributed by atoms with Crippen LogP contribution in [0.25, 0.3) is 0 Å². The Morgan fingerprint density at radius 3 is 3.19 bits per heavy atom. The number of amides is 1. The van der Waals surface area contributed by atoms with Crippen molar-refractivity contribution in [2.45, 2.75) is 17.6 Å². The van der Waals surface area contributed by atoms with Crippen LogP contribution in [0.3, 0.4) is 0 Å². The van der Waals surface area contributed by atoms with E-state index in [2.05, 4.69) is 20.8 Å². The molecular weight excluding hydrogens is 290 g/mol. The molecule has 2 aromatic rings.